The van der Waals surface area contributed by atoms with Gasteiger partial charge in [0.05, 0.1) is 4.08 Å². The lowest BCUT2D eigenvalue weighted by Gasteiger charge is -2.62. The number of carbonyl (C=O) groups is 1. The maximum Gasteiger partial charge on any atom is 0.465 e. The summed E-state index contributed by atoms with van der Waals surface area (Å²) in [5.74, 6) is 0.947. The standard InChI is InChI=1S/C14H18F2O5S3/c15-14(16,24(18,19)20)11(17)21-12-5-8-3-9(6-12)13(10(4-8)7-12)22-1-2-23-13/h8-10H,1-7H2,(H,18,19,20). The summed E-state index contributed by atoms with van der Waals surface area (Å²) in [6.07, 6.45) is 3.56. The Balaban J connectivity index is 1.59. The zero-order valence-electron chi connectivity index (χ0n) is 12.7. The van der Waals surface area contributed by atoms with Crippen molar-refractivity contribution in [3.63, 3.8) is 0 Å². The van der Waals surface area contributed by atoms with Crippen LogP contribution in [0.15, 0.2) is 0 Å². The number of carbonyl (C=O) groups excluding carboxylic acids is 1. The molecule has 5 aliphatic rings. The molecule has 0 radical (unpaired) electrons. The first kappa shape index (κ1) is 17.4. The molecule has 1 spiro atoms. The molecule has 0 aromatic heterocycles. The number of thioether (sulfide) groups is 2. The molecular weight excluding hydrogens is 382 g/mol. The van der Waals surface area contributed by atoms with Crippen molar-refractivity contribution >= 4 is 39.6 Å². The van der Waals surface area contributed by atoms with Crippen molar-refractivity contribution < 1.29 is 31.3 Å². The van der Waals surface area contributed by atoms with Crippen molar-refractivity contribution in [1.29, 1.82) is 0 Å². The largest absolute Gasteiger partial charge is 0.465 e. The Hall–Kier alpha value is -0.0600. The number of ether oxygens (including phenoxy) is 1. The van der Waals surface area contributed by atoms with E-state index in [4.69, 9.17) is 9.29 Å². The molecule has 24 heavy (non-hydrogen) atoms. The molecule has 5 fully saturated rings. The van der Waals surface area contributed by atoms with Gasteiger partial charge in [-0.25, -0.2) is 4.79 Å². The van der Waals surface area contributed by atoms with E-state index in [-0.39, 0.29) is 4.08 Å². The third-order valence-electron chi connectivity index (χ3n) is 5.88. The molecule has 4 aliphatic carbocycles. The van der Waals surface area contributed by atoms with Gasteiger partial charge in [-0.05, 0) is 49.9 Å². The number of halogens is 2. The van der Waals surface area contributed by atoms with Gasteiger partial charge in [-0.15, -0.1) is 23.5 Å². The van der Waals surface area contributed by atoms with Crippen molar-refractivity contribution in [3.8, 4) is 0 Å². The molecule has 5 nitrogen and oxygen atoms in total. The van der Waals surface area contributed by atoms with Gasteiger partial charge in [0, 0.05) is 11.5 Å². The third kappa shape index (κ3) is 2.35. The van der Waals surface area contributed by atoms with Gasteiger partial charge >= 0.3 is 21.3 Å². The topological polar surface area (TPSA) is 80.7 Å². The van der Waals surface area contributed by atoms with Crippen LogP contribution in [0.5, 0.6) is 0 Å². The van der Waals surface area contributed by atoms with Crippen LogP contribution in [0.25, 0.3) is 0 Å². The van der Waals surface area contributed by atoms with Gasteiger partial charge in [-0.1, -0.05) is 0 Å². The highest BCUT2D eigenvalue weighted by Crippen LogP contribution is 2.70. The number of hydrogen-bond acceptors (Lipinski definition) is 6. The summed E-state index contributed by atoms with van der Waals surface area (Å²) < 4.78 is 62.5. The second-order valence-electron chi connectivity index (χ2n) is 7.33. The molecular formula is C14H18F2O5S3. The molecule has 0 aromatic carbocycles. The summed E-state index contributed by atoms with van der Waals surface area (Å²) in [4.78, 5) is 11.8. The van der Waals surface area contributed by atoms with E-state index in [1.165, 1.54) is 0 Å². The Kier molecular flexibility index (Phi) is 3.78. The molecule has 5 rings (SSSR count). The number of rotatable bonds is 3. The second kappa shape index (κ2) is 5.23. The summed E-state index contributed by atoms with van der Waals surface area (Å²) in [5.41, 5.74) is -1.00. The van der Waals surface area contributed by atoms with E-state index < -0.39 is 26.9 Å². The normalized spacial score (nSPS) is 40.2. The van der Waals surface area contributed by atoms with E-state index >= 15 is 0 Å². The molecule has 10 heteroatoms. The molecule has 2 unspecified atom stereocenters. The van der Waals surface area contributed by atoms with Gasteiger partial charge in [-0.2, -0.15) is 17.2 Å². The minimum atomic E-state index is -5.82. The number of esters is 1. The number of alkyl halides is 2. The van der Waals surface area contributed by atoms with Crippen LogP contribution in [0.1, 0.15) is 32.1 Å². The Morgan fingerprint density at radius 3 is 2.17 bits per heavy atom. The Bertz CT molecular complexity index is 656. The smallest absolute Gasteiger partial charge is 0.454 e. The van der Waals surface area contributed by atoms with Crippen LogP contribution in [0.2, 0.25) is 0 Å². The molecule has 1 saturated heterocycles. The van der Waals surface area contributed by atoms with Gasteiger partial charge < -0.3 is 4.74 Å². The first-order chi connectivity index (χ1) is 11.1. The SMILES string of the molecule is O=C(OC12CC3CC(C1)C1(SCCS1)C(C3)C2)C(F)(F)S(=O)(=O)O. The van der Waals surface area contributed by atoms with Gasteiger partial charge in [0.1, 0.15) is 5.60 Å². The van der Waals surface area contributed by atoms with E-state index in [1.807, 2.05) is 23.5 Å². The third-order valence-corrected chi connectivity index (χ3v) is 10.7. The fourth-order valence-corrected chi connectivity index (χ4v) is 9.31. The fraction of sp³-hybridized carbons (Fsp3) is 0.929. The summed E-state index contributed by atoms with van der Waals surface area (Å²) in [6, 6.07) is 0. The van der Waals surface area contributed by atoms with E-state index in [2.05, 4.69) is 0 Å². The zero-order valence-corrected chi connectivity index (χ0v) is 15.2. The zero-order chi connectivity index (χ0) is 17.4. The predicted octanol–water partition coefficient (Wildman–Crippen LogP) is 2.77. The highest BCUT2D eigenvalue weighted by atomic mass is 32.2. The van der Waals surface area contributed by atoms with Crippen molar-refractivity contribution in [3.05, 3.63) is 0 Å². The quantitative estimate of drug-likeness (QED) is 0.576. The average Bonchev–Trinajstić information content (AvgIpc) is 2.93. The lowest BCUT2D eigenvalue weighted by molar-refractivity contribution is -0.201. The highest BCUT2D eigenvalue weighted by Gasteiger charge is 2.66. The molecule has 2 atom stereocenters. The average molecular weight is 400 g/mol. The Morgan fingerprint density at radius 2 is 1.67 bits per heavy atom. The lowest BCUT2D eigenvalue weighted by atomic mass is 9.53. The fourth-order valence-electron chi connectivity index (χ4n) is 5.26. The lowest BCUT2D eigenvalue weighted by Crippen LogP contribution is -2.62. The van der Waals surface area contributed by atoms with Gasteiger partial charge in [0.25, 0.3) is 0 Å². The highest BCUT2D eigenvalue weighted by molar-refractivity contribution is 8.21. The van der Waals surface area contributed by atoms with Crippen molar-refractivity contribution in [1.82, 2.24) is 0 Å². The van der Waals surface area contributed by atoms with Gasteiger partial charge in [0.15, 0.2) is 0 Å². The van der Waals surface area contributed by atoms with Crippen LogP contribution in [0, 0.1) is 17.8 Å². The van der Waals surface area contributed by atoms with Crippen LogP contribution < -0.4 is 0 Å². The summed E-state index contributed by atoms with van der Waals surface area (Å²) in [7, 11) is -5.82. The molecule has 1 N–H and O–H groups in total. The number of hydrogen-bond donors (Lipinski definition) is 1. The summed E-state index contributed by atoms with van der Waals surface area (Å²) >= 11 is 3.89. The molecule has 0 amide bonds. The maximum atomic E-state index is 13.6. The van der Waals surface area contributed by atoms with E-state index in [1.54, 1.807) is 0 Å². The maximum absolute atomic E-state index is 13.6. The van der Waals surface area contributed by atoms with Gasteiger partial charge in [-0.3, -0.25) is 4.55 Å². The minimum Gasteiger partial charge on any atom is -0.454 e. The van der Waals surface area contributed by atoms with E-state index in [9.17, 15) is 22.0 Å². The molecule has 4 saturated carbocycles. The first-order valence-electron chi connectivity index (χ1n) is 7.94. The summed E-state index contributed by atoms with van der Waals surface area (Å²) in [5, 5.41) is -4.91. The van der Waals surface area contributed by atoms with E-state index in [0.29, 0.717) is 37.0 Å². The van der Waals surface area contributed by atoms with E-state index in [0.717, 1.165) is 24.3 Å². The molecule has 1 heterocycles. The van der Waals surface area contributed by atoms with Crippen LogP contribution in [0.3, 0.4) is 0 Å². The Morgan fingerprint density at radius 1 is 1.12 bits per heavy atom. The minimum absolute atomic E-state index is 0.110. The van der Waals surface area contributed by atoms with Crippen molar-refractivity contribution in [2.24, 2.45) is 17.8 Å². The second-order valence-corrected chi connectivity index (χ2v) is 11.8. The summed E-state index contributed by atoms with van der Waals surface area (Å²) in [6.45, 7) is 0. The van der Waals surface area contributed by atoms with Crippen LogP contribution in [0.4, 0.5) is 8.78 Å². The predicted molar refractivity (Wildman–Crippen MR) is 86.5 cm³/mol. The van der Waals surface area contributed by atoms with Crippen LogP contribution in [-0.2, 0) is 19.6 Å². The Labute approximate surface area is 147 Å². The van der Waals surface area contributed by atoms with Crippen LogP contribution in [-0.4, -0.2) is 45.4 Å². The van der Waals surface area contributed by atoms with Crippen LogP contribution >= 0.6 is 23.5 Å². The van der Waals surface area contributed by atoms with Crippen molar-refractivity contribution in [2.75, 3.05) is 11.5 Å². The first-order valence-corrected chi connectivity index (χ1v) is 11.4. The van der Waals surface area contributed by atoms with Gasteiger partial charge in [0.2, 0.25) is 0 Å². The van der Waals surface area contributed by atoms with Crippen molar-refractivity contribution in [2.45, 2.75) is 47.0 Å². The molecule has 4 bridgehead atoms. The monoisotopic (exact) mass is 400 g/mol. The molecule has 136 valence electrons. The molecule has 1 aliphatic heterocycles. The molecule has 0 aromatic rings.